The minimum atomic E-state index is -4.46. The summed E-state index contributed by atoms with van der Waals surface area (Å²) in [6.45, 7) is 3.68. The molecule has 2 heterocycles. The molecule has 0 aliphatic carbocycles. The number of imidazole rings is 1. The van der Waals surface area contributed by atoms with E-state index in [9.17, 15) is 18.0 Å². The van der Waals surface area contributed by atoms with Crippen LogP contribution in [0.1, 0.15) is 27.0 Å². The van der Waals surface area contributed by atoms with Gasteiger partial charge in [0.1, 0.15) is 12.1 Å². The van der Waals surface area contributed by atoms with Gasteiger partial charge in [-0.15, -0.1) is 0 Å². The number of esters is 1. The van der Waals surface area contributed by atoms with Crippen molar-refractivity contribution in [3.05, 3.63) is 58.9 Å². The Hall–Kier alpha value is -3.07. The summed E-state index contributed by atoms with van der Waals surface area (Å²) in [6, 6.07) is 7.45. The number of nitrogens with zero attached hydrogens (tertiary/aromatic N) is 2. The molecule has 1 N–H and O–H groups in total. The average Bonchev–Trinajstić information content (AvgIpc) is 3.20. The first kappa shape index (κ1) is 20.2. The molecular formula is C21H20F3N3O3. The number of carbonyl (C=O) groups is 1. The molecule has 1 saturated heterocycles. The van der Waals surface area contributed by atoms with Gasteiger partial charge in [-0.2, -0.15) is 13.2 Å². The lowest BCUT2D eigenvalue weighted by Gasteiger charge is -2.29. The van der Waals surface area contributed by atoms with Crippen molar-refractivity contribution >= 4 is 22.7 Å². The van der Waals surface area contributed by atoms with Gasteiger partial charge in [0.15, 0.2) is 0 Å². The molecule has 0 atom stereocenters. The molecule has 1 fully saturated rings. The highest BCUT2D eigenvalue weighted by molar-refractivity contribution is 6.03. The van der Waals surface area contributed by atoms with Crippen LogP contribution in [0.5, 0.6) is 0 Å². The van der Waals surface area contributed by atoms with Gasteiger partial charge in [0.25, 0.3) is 0 Å². The summed E-state index contributed by atoms with van der Waals surface area (Å²) in [6.07, 6.45) is -2.97. The van der Waals surface area contributed by atoms with Gasteiger partial charge in [-0.1, -0.05) is 12.1 Å². The van der Waals surface area contributed by atoms with Crippen molar-refractivity contribution in [2.45, 2.75) is 19.7 Å². The quantitative estimate of drug-likeness (QED) is 0.646. The first-order chi connectivity index (χ1) is 14.3. The number of benzene rings is 2. The molecule has 9 heteroatoms. The summed E-state index contributed by atoms with van der Waals surface area (Å²) in [5, 5.41) is 0. The highest BCUT2D eigenvalue weighted by atomic mass is 19.4. The summed E-state index contributed by atoms with van der Waals surface area (Å²) in [5.41, 5.74) is 1.85. The van der Waals surface area contributed by atoms with Crippen molar-refractivity contribution in [2.24, 2.45) is 0 Å². The number of fused-ring (bicyclic) bond motifs is 1. The zero-order chi connectivity index (χ0) is 21.3. The van der Waals surface area contributed by atoms with Crippen LogP contribution in [0.3, 0.4) is 0 Å². The Kier molecular flexibility index (Phi) is 5.38. The number of rotatable bonds is 4. The van der Waals surface area contributed by atoms with Crippen LogP contribution in [-0.2, 0) is 22.3 Å². The monoisotopic (exact) mass is 419 g/mol. The number of nitrogens with one attached hydrogen (secondary N) is 1. The number of ether oxygens (including phenoxy) is 2. The van der Waals surface area contributed by atoms with Gasteiger partial charge in [0.2, 0.25) is 0 Å². The number of halogens is 3. The highest BCUT2D eigenvalue weighted by Gasteiger charge is 2.33. The molecule has 2 aromatic carbocycles. The molecule has 30 heavy (non-hydrogen) atoms. The summed E-state index contributed by atoms with van der Waals surface area (Å²) in [7, 11) is 0. The SMILES string of the molecule is Cc1c(COC(=O)c2cc(N3CCOCC3)cc3[nH]cnc23)cccc1C(F)(F)F. The smallest absolute Gasteiger partial charge is 0.416 e. The van der Waals surface area contributed by atoms with E-state index in [1.165, 1.54) is 25.4 Å². The van der Waals surface area contributed by atoms with E-state index in [-0.39, 0.29) is 17.7 Å². The Morgan fingerprint density at radius 3 is 2.77 bits per heavy atom. The van der Waals surface area contributed by atoms with Crippen LogP contribution in [-0.4, -0.2) is 42.2 Å². The number of alkyl halides is 3. The predicted molar refractivity (Wildman–Crippen MR) is 104 cm³/mol. The highest BCUT2D eigenvalue weighted by Crippen LogP contribution is 2.33. The lowest BCUT2D eigenvalue weighted by atomic mass is 10.0. The number of hydrogen-bond donors (Lipinski definition) is 1. The summed E-state index contributed by atoms with van der Waals surface area (Å²) < 4.78 is 50.1. The fraction of sp³-hybridized carbons (Fsp3) is 0.333. The van der Waals surface area contributed by atoms with Crippen LogP contribution < -0.4 is 4.90 Å². The third kappa shape index (κ3) is 3.97. The molecule has 1 aliphatic heterocycles. The van der Waals surface area contributed by atoms with Crippen molar-refractivity contribution in [3.63, 3.8) is 0 Å². The van der Waals surface area contributed by atoms with Crippen molar-refractivity contribution in [2.75, 3.05) is 31.2 Å². The van der Waals surface area contributed by atoms with Gasteiger partial charge in [0.05, 0.1) is 36.2 Å². The summed E-state index contributed by atoms with van der Waals surface area (Å²) >= 11 is 0. The van der Waals surface area contributed by atoms with Crippen LogP contribution in [0.15, 0.2) is 36.7 Å². The normalized spacial score (nSPS) is 14.9. The van der Waals surface area contributed by atoms with Crippen LogP contribution >= 0.6 is 0 Å². The van der Waals surface area contributed by atoms with Crippen LogP contribution in [0.4, 0.5) is 18.9 Å². The van der Waals surface area contributed by atoms with Crippen LogP contribution in [0.25, 0.3) is 11.0 Å². The van der Waals surface area contributed by atoms with Crippen molar-refractivity contribution in [3.8, 4) is 0 Å². The topological polar surface area (TPSA) is 67.4 Å². The van der Waals surface area contributed by atoms with Gasteiger partial charge >= 0.3 is 12.1 Å². The summed E-state index contributed by atoms with van der Waals surface area (Å²) in [5.74, 6) is -0.640. The molecular weight excluding hydrogens is 399 g/mol. The lowest BCUT2D eigenvalue weighted by Crippen LogP contribution is -2.36. The maximum Gasteiger partial charge on any atom is 0.416 e. The molecule has 1 aromatic heterocycles. The molecule has 0 amide bonds. The second kappa shape index (κ2) is 7.98. The lowest BCUT2D eigenvalue weighted by molar-refractivity contribution is -0.138. The van der Waals surface area contributed by atoms with E-state index in [0.29, 0.717) is 42.9 Å². The standard InChI is InChI=1S/C21H20F3N3O3/c1-13-14(3-2-4-17(13)21(22,23)24)11-30-20(28)16-9-15(27-5-7-29-8-6-27)10-18-19(16)26-12-25-18/h2-4,9-10,12H,5-8,11H2,1H3,(H,25,26). The minimum absolute atomic E-state index is 0.0461. The number of aromatic nitrogens is 2. The first-order valence-corrected chi connectivity index (χ1v) is 9.47. The Labute approximate surface area is 170 Å². The molecule has 158 valence electrons. The fourth-order valence-electron chi connectivity index (χ4n) is 3.56. The zero-order valence-electron chi connectivity index (χ0n) is 16.3. The van der Waals surface area contributed by atoms with E-state index >= 15 is 0 Å². The van der Waals surface area contributed by atoms with E-state index in [1.54, 1.807) is 6.07 Å². The van der Waals surface area contributed by atoms with Crippen molar-refractivity contribution in [1.82, 2.24) is 9.97 Å². The maximum absolute atomic E-state index is 13.1. The molecule has 4 rings (SSSR count). The fourth-order valence-corrected chi connectivity index (χ4v) is 3.56. The number of hydrogen-bond acceptors (Lipinski definition) is 5. The number of carbonyl (C=O) groups excluding carboxylic acids is 1. The first-order valence-electron chi connectivity index (χ1n) is 9.47. The predicted octanol–water partition coefficient (Wildman–Crippen LogP) is 4.08. The second-order valence-corrected chi connectivity index (χ2v) is 7.06. The van der Waals surface area contributed by atoms with Gasteiger partial charge in [-0.3, -0.25) is 0 Å². The molecule has 3 aromatic rings. The summed E-state index contributed by atoms with van der Waals surface area (Å²) in [4.78, 5) is 22.1. The maximum atomic E-state index is 13.1. The number of H-pyrrole nitrogens is 1. The van der Waals surface area contributed by atoms with E-state index in [4.69, 9.17) is 9.47 Å². The third-order valence-electron chi connectivity index (χ3n) is 5.21. The Morgan fingerprint density at radius 2 is 2.03 bits per heavy atom. The van der Waals surface area contributed by atoms with Gasteiger partial charge < -0.3 is 19.4 Å². The second-order valence-electron chi connectivity index (χ2n) is 7.06. The number of anilines is 1. The molecule has 0 bridgehead atoms. The molecule has 6 nitrogen and oxygen atoms in total. The zero-order valence-corrected chi connectivity index (χ0v) is 16.3. The van der Waals surface area contributed by atoms with E-state index in [1.807, 2.05) is 6.07 Å². The van der Waals surface area contributed by atoms with Gasteiger partial charge in [-0.25, -0.2) is 9.78 Å². The van der Waals surface area contributed by atoms with E-state index in [0.717, 1.165) is 11.8 Å². The number of morpholine rings is 1. The molecule has 1 aliphatic rings. The van der Waals surface area contributed by atoms with E-state index < -0.39 is 17.7 Å². The molecule has 0 radical (unpaired) electrons. The Morgan fingerprint density at radius 1 is 1.27 bits per heavy atom. The van der Waals surface area contributed by atoms with Crippen LogP contribution in [0, 0.1) is 6.92 Å². The van der Waals surface area contributed by atoms with Gasteiger partial charge in [0, 0.05) is 18.8 Å². The van der Waals surface area contributed by atoms with Gasteiger partial charge in [-0.05, 0) is 36.2 Å². The van der Waals surface area contributed by atoms with E-state index in [2.05, 4.69) is 14.9 Å². The van der Waals surface area contributed by atoms with Crippen molar-refractivity contribution < 1.29 is 27.4 Å². The number of aromatic amines is 1. The molecule has 0 spiro atoms. The largest absolute Gasteiger partial charge is 0.457 e. The van der Waals surface area contributed by atoms with Crippen LogP contribution in [0.2, 0.25) is 0 Å². The minimum Gasteiger partial charge on any atom is -0.457 e. The molecule has 0 saturated carbocycles. The third-order valence-corrected chi connectivity index (χ3v) is 5.21. The Bertz CT molecular complexity index is 1070. The molecule has 0 unspecified atom stereocenters. The average molecular weight is 419 g/mol. The van der Waals surface area contributed by atoms with Crippen molar-refractivity contribution in [1.29, 1.82) is 0 Å². The Balaban J connectivity index is 1.59.